The van der Waals surface area contributed by atoms with E-state index >= 15 is 0 Å². The lowest BCUT2D eigenvalue weighted by molar-refractivity contribution is 0.142. The van der Waals surface area contributed by atoms with Gasteiger partial charge in [0, 0.05) is 22.7 Å². The molecule has 2 atom stereocenters. The molecule has 0 spiro atoms. The molecule has 2 N–H and O–H groups in total. The Morgan fingerprint density at radius 2 is 2.35 bits per heavy atom. The van der Waals surface area contributed by atoms with Gasteiger partial charge in [-0.2, -0.15) is 0 Å². The van der Waals surface area contributed by atoms with E-state index in [0.29, 0.717) is 6.42 Å². The molecule has 0 saturated carbocycles. The minimum Gasteiger partial charge on any atom is -0.393 e. The quantitative estimate of drug-likeness (QED) is 0.884. The van der Waals surface area contributed by atoms with E-state index in [1.54, 1.807) is 6.92 Å². The number of benzene rings is 1. The van der Waals surface area contributed by atoms with Crippen LogP contribution in [0, 0.1) is 6.92 Å². The van der Waals surface area contributed by atoms with E-state index in [-0.39, 0.29) is 18.2 Å². The summed E-state index contributed by atoms with van der Waals surface area (Å²) >= 11 is 3.42. The number of likely N-dealkylation sites (tertiary alicyclic amines) is 1. The Hall–Kier alpha value is -1.07. The van der Waals surface area contributed by atoms with Crippen LogP contribution in [0.4, 0.5) is 10.5 Å². The average Bonchev–Trinajstić information content (AvgIpc) is 2.81. The van der Waals surface area contributed by atoms with Crippen LogP contribution in [0.25, 0.3) is 0 Å². The van der Waals surface area contributed by atoms with Crippen LogP contribution >= 0.6 is 15.9 Å². The van der Waals surface area contributed by atoms with Crippen LogP contribution < -0.4 is 5.32 Å². The van der Waals surface area contributed by atoms with Crippen LogP contribution in [-0.4, -0.2) is 34.7 Å². The number of aliphatic hydroxyl groups excluding tert-OH is 1. The predicted octanol–water partition coefficient (Wildman–Crippen LogP) is 3.52. The molecule has 20 heavy (non-hydrogen) atoms. The van der Waals surface area contributed by atoms with Crippen molar-refractivity contribution in [1.82, 2.24) is 4.90 Å². The summed E-state index contributed by atoms with van der Waals surface area (Å²) in [5.74, 6) is 0. The highest BCUT2D eigenvalue weighted by atomic mass is 79.9. The molecule has 1 aliphatic heterocycles. The third-order valence-corrected chi connectivity index (χ3v) is 4.19. The standard InChI is InChI=1S/C15H21BrN2O2/c1-10-5-6-12(16)9-14(10)17-15(20)18-7-3-4-13(18)8-11(2)19/h5-6,9,11,13,19H,3-4,7-8H2,1-2H3,(H,17,20)/t11-,13-/m1/s1. The summed E-state index contributed by atoms with van der Waals surface area (Å²) in [6.07, 6.45) is 2.24. The number of carbonyl (C=O) groups is 1. The third-order valence-electron chi connectivity index (χ3n) is 3.69. The maximum absolute atomic E-state index is 12.4. The monoisotopic (exact) mass is 340 g/mol. The molecule has 0 unspecified atom stereocenters. The van der Waals surface area contributed by atoms with E-state index in [1.165, 1.54) is 0 Å². The summed E-state index contributed by atoms with van der Waals surface area (Å²) in [5, 5.41) is 12.5. The molecule has 0 aromatic heterocycles. The summed E-state index contributed by atoms with van der Waals surface area (Å²) in [7, 11) is 0. The number of nitrogens with one attached hydrogen (secondary N) is 1. The van der Waals surface area contributed by atoms with Gasteiger partial charge in [-0.15, -0.1) is 0 Å². The summed E-state index contributed by atoms with van der Waals surface area (Å²) in [5.41, 5.74) is 1.86. The number of aliphatic hydroxyl groups is 1. The lowest BCUT2D eigenvalue weighted by atomic mass is 10.1. The van der Waals surface area contributed by atoms with Crippen molar-refractivity contribution in [3.05, 3.63) is 28.2 Å². The molecule has 1 saturated heterocycles. The Morgan fingerprint density at radius 1 is 1.60 bits per heavy atom. The molecule has 5 heteroatoms. The number of nitrogens with zero attached hydrogens (tertiary/aromatic N) is 1. The van der Waals surface area contributed by atoms with Crippen LogP contribution in [0.1, 0.15) is 31.7 Å². The predicted molar refractivity (Wildman–Crippen MR) is 83.9 cm³/mol. The van der Waals surface area contributed by atoms with Crippen molar-refractivity contribution < 1.29 is 9.90 Å². The smallest absolute Gasteiger partial charge is 0.322 e. The van der Waals surface area contributed by atoms with Gasteiger partial charge in [0.15, 0.2) is 0 Å². The number of aryl methyl sites for hydroxylation is 1. The van der Waals surface area contributed by atoms with Crippen molar-refractivity contribution >= 4 is 27.6 Å². The zero-order valence-electron chi connectivity index (χ0n) is 11.9. The first kappa shape index (κ1) is 15.3. The van der Waals surface area contributed by atoms with Crippen LogP contribution in [0.3, 0.4) is 0 Å². The summed E-state index contributed by atoms with van der Waals surface area (Å²) < 4.78 is 0.945. The van der Waals surface area contributed by atoms with Gasteiger partial charge in [0.1, 0.15) is 0 Å². The number of amides is 2. The van der Waals surface area contributed by atoms with E-state index in [4.69, 9.17) is 0 Å². The highest BCUT2D eigenvalue weighted by Gasteiger charge is 2.29. The van der Waals surface area contributed by atoms with Crippen LogP contribution in [0.5, 0.6) is 0 Å². The summed E-state index contributed by atoms with van der Waals surface area (Å²) in [6, 6.07) is 5.90. The average molecular weight is 341 g/mol. The van der Waals surface area contributed by atoms with Gasteiger partial charge in [0.05, 0.1) is 6.10 Å². The first-order valence-corrected chi connectivity index (χ1v) is 7.78. The Labute approximate surface area is 128 Å². The van der Waals surface area contributed by atoms with E-state index in [2.05, 4.69) is 21.2 Å². The Balaban J connectivity index is 2.05. The molecule has 2 rings (SSSR count). The Morgan fingerprint density at radius 3 is 3.05 bits per heavy atom. The molecule has 2 amide bonds. The molecule has 1 aromatic rings. The van der Waals surface area contributed by atoms with Gasteiger partial charge in [0.25, 0.3) is 0 Å². The van der Waals surface area contributed by atoms with Crippen molar-refractivity contribution in [1.29, 1.82) is 0 Å². The lowest BCUT2D eigenvalue weighted by Gasteiger charge is -2.26. The number of anilines is 1. The first-order valence-electron chi connectivity index (χ1n) is 6.99. The number of rotatable bonds is 3. The fourth-order valence-electron chi connectivity index (χ4n) is 2.66. The molecule has 1 fully saturated rings. The largest absolute Gasteiger partial charge is 0.393 e. The van der Waals surface area contributed by atoms with Gasteiger partial charge >= 0.3 is 6.03 Å². The zero-order valence-corrected chi connectivity index (χ0v) is 13.5. The topological polar surface area (TPSA) is 52.6 Å². The van der Waals surface area contributed by atoms with Crippen molar-refractivity contribution in [2.24, 2.45) is 0 Å². The summed E-state index contributed by atoms with van der Waals surface area (Å²) in [6.45, 7) is 4.50. The number of carbonyl (C=O) groups excluding carboxylic acids is 1. The van der Waals surface area contributed by atoms with Crippen molar-refractivity contribution in [2.75, 3.05) is 11.9 Å². The second-order valence-corrected chi connectivity index (χ2v) is 6.38. The van der Waals surface area contributed by atoms with Crippen LogP contribution in [0.15, 0.2) is 22.7 Å². The zero-order chi connectivity index (χ0) is 14.7. The van der Waals surface area contributed by atoms with Crippen molar-refractivity contribution in [2.45, 2.75) is 45.3 Å². The van der Waals surface area contributed by atoms with Gasteiger partial charge in [-0.05, 0) is 50.8 Å². The van der Waals surface area contributed by atoms with E-state index in [1.807, 2.05) is 30.0 Å². The number of halogens is 1. The molecular formula is C15H21BrN2O2. The molecule has 1 aliphatic rings. The van der Waals surface area contributed by atoms with E-state index in [0.717, 1.165) is 35.1 Å². The molecule has 0 bridgehead atoms. The third kappa shape index (κ3) is 3.73. The normalized spacial score (nSPS) is 20.0. The van der Waals surface area contributed by atoms with E-state index in [9.17, 15) is 9.90 Å². The molecule has 110 valence electrons. The molecule has 4 nitrogen and oxygen atoms in total. The number of hydrogen-bond donors (Lipinski definition) is 2. The highest BCUT2D eigenvalue weighted by Crippen LogP contribution is 2.25. The van der Waals surface area contributed by atoms with Gasteiger partial charge in [-0.25, -0.2) is 4.79 Å². The SMILES string of the molecule is Cc1ccc(Br)cc1NC(=O)N1CCC[C@@H]1C[C@@H](C)O. The van der Waals surface area contributed by atoms with Crippen LogP contribution in [0.2, 0.25) is 0 Å². The number of urea groups is 1. The maximum atomic E-state index is 12.4. The molecule has 0 radical (unpaired) electrons. The maximum Gasteiger partial charge on any atom is 0.322 e. The van der Waals surface area contributed by atoms with Gasteiger partial charge < -0.3 is 15.3 Å². The molecular weight excluding hydrogens is 320 g/mol. The Kier molecular flexibility index (Phi) is 5.05. The minimum absolute atomic E-state index is 0.0747. The Bertz CT molecular complexity index is 491. The lowest BCUT2D eigenvalue weighted by Crippen LogP contribution is -2.40. The highest BCUT2D eigenvalue weighted by molar-refractivity contribution is 9.10. The minimum atomic E-state index is -0.374. The van der Waals surface area contributed by atoms with Gasteiger partial charge in [0.2, 0.25) is 0 Å². The van der Waals surface area contributed by atoms with Crippen LogP contribution in [-0.2, 0) is 0 Å². The number of hydrogen-bond acceptors (Lipinski definition) is 2. The van der Waals surface area contributed by atoms with E-state index < -0.39 is 0 Å². The van der Waals surface area contributed by atoms with Gasteiger partial charge in [-0.1, -0.05) is 22.0 Å². The summed E-state index contributed by atoms with van der Waals surface area (Å²) in [4.78, 5) is 14.2. The second kappa shape index (κ2) is 6.59. The fraction of sp³-hybridized carbons (Fsp3) is 0.533. The fourth-order valence-corrected chi connectivity index (χ4v) is 3.02. The van der Waals surface area contributed by atoms with Crippen molar-refractivity contribution in [3.63, 3.8) is 0 Å². The second-order valence-electron chi connectivity index (χ2n) is 5.46. The molecule has 1 aromatic carbocycles. The molecule has 0 aliphatic carbocycles. The van der Waals surface area contributed by atoms with Gasteiger partial charge in [-0.3, -0.25) is 0 Å². The first-order chi connectivity index (χ1) is 9.47. The molecule has 1 heterocycles. The van der Waals surface area contributed by atoms with Crippen molar-refractivity contribution in [3.8, 4) is 0 Å².